The minimum atomic E-state index is -0.261. The Balaban J connectivity index is 1.90. The molecule has 0 aromatic heterocycles. The van der Waals surface area contributed by atoms with Gasteiger partial charge in [-0.3, -0.25) is 14.5 Å². The van der Waals surface area contributed by atoms with Crippen LogP contribution in [0, 0.1) is 11.8 Å². The first kappa shape index (κ1) is 9.30. The standard InChI is InChI=1S/C10H13NO4/c12-4-3-11-9(13)7-5-1-2-6(15-5)8(7)10(11)14/h5-8,12H,1-4H2/t5-,6+,7?,8?. The van der Waals surface area contributed by atoms with Crippen molar-refractivity contribution in [1.82, 2.24) is 4.90 Å². The zero-order chi connectivity index (χ0) is 10.6. The molecule has 4 atom stereocenters. The first-order valence-electron chi connectivity index (χ1n) is 5.35. The maximum absolute atomic E-state index is 11.9. The van der Waals surface area contributed by atoms with Gasteiger partial charge in [0.25, 0.3) is 0 Å². The zero-order valence-corrected chi connectivity index (χ0v) is 8.26. The van der Waals surface area contributed by atoms with Gasteiger partial charge >= 0.3 is 0 Å². The van der Waals surface area contributed by atoms with Gasteiger partial charge < -0.3 is 9.84 Å². The predicted octanol–water partition coefficient (Wildman–Crippen LogP) is -0.859. The van der Waals surface area contributed by atoms with Crippen molar-refractivity contribution in [3.8, 4) is 0 Å². The van der Waals surface area contributed by atoms with Crippen LogP contribution in [0.1, 0.15) is 12.8 Å². The van der Waals surface area contributed by atoms with Crippen molar-refractivity contribution in [2.45, 2.75) is 25.0 Å². The minimum absolute atomic E-state index is 0.0554. The van der Waals surface area contributed by atoms with Crippen LogP contribution in [-0.4, -0.2) is 47.2 Å². The molecule has 3 fully saturated rings. The number of ether oxygens (including phenoxy) is 1. The highest BCUT2D eigenvalue weighted by atomic mass is 16.5. The van der Waals surface area contributed by atoms with E-state index in [1.54, 1.807) is 0 Å². The summed E-state index contributed by atoms with van der Waals surface area (Å²) in [6.45, 7) is -0.0305. The molecule has 3 heterocycles. The summed E-state index contributed by atoms with van der Waals surface area (Å²) in [6.07, 6.45) is 1.66. The maximum Gasteiger partial charge on any atom is 0.235 e. The van der Waals surface area contributed by atoms with Crippen LogP contribution in [0.3, 0.4) is 0 Å². The van der Waals surface area contributed by atoms with Crippen molar-refractivity contribution in [3.05, 3.63) is 0 Å². The van der Waals surface area contributed by atoms with Gasteiger partial charge in [-0.25, -0.2) is 0 Å². The zero-order valence-electron chi connectivity index (χ0n) is 8.26. The largest absolute Gasteiger partial charge is 0.395 e. The molecule has 3 rings (SSSR count). The second kappa shape index (κ2) is 3.02. The molecule has 0 radical (unpaired) electrons. The topological polar surface area (TPSA) is 66.8 Å². The van der Waals surface area contributed by atoms with E-state index in [0.29, 0.717) is 0 Å². The molecule has 0 aromatic carbocycles. The summed E-state index contributed by atoms with van der Waals surface area (Å²) < 4.78 is 5.58. The van der Waals surface area contributed by atoms with E-state index in [1.807, 2.05) is 0 Å². The molecule has 3 saturated heterocycles. The normalized spacial score (nSPS) is 42.9. The van der Waals surface area contributed by atoms with Gasteiger partial charge in [-0.2, -0.15) is 0 Å². The Morgan fingerprint density at radius 2 is 1.73 bits per heavy atom. The monoisotopic (exact) mass is 211 g/mol. The van der Waals surface area contributed by atoms with Gasteiger partial charge in [-0.05, 0) is 12.8 Å². The maximum atomic E-state index is 11.9. The highest BCUT2D eigenvalue weighted by Gasteiger charge is 2.62. The number of rotatable bonds is 2. The molecule has 2 bridgehead atoms. The fourth-order valence-corrected chi connectivity index (χ4v) is 3.09. The Hall–Kier alpha value is -0.940. The van der Waals surface area contributed by atoms with Gasteiger partial charge in [0.15, 0.2) is 0 Å². The summed E-state index contributed by atoms with van der Waals surface area (Å²) in [7, 11) is 0. The predicted molar refractivity (Wildman–Crippen MR) is 48.7 cm³/mol. The third kappa shape index (κ3) is 1.05. The van der Waals surface area contributed by atoms with E-state index in [-0.39, 0.29) is 49.0 Å². The number of hydrogen-bond acceptors (Lipinski definition) is 4. The number of nitrogens with zero attached hydrogens (tertiary/aromatic N) is 1. The Labute approximate surface area is 87.0 Å². The van der Waals surface area contributed by atoms with Gasteiger partial charge in [0, 0.05) is 0 Å². The van der Waals surface area contributed by atoms with Crippen molar-refractivity contribution in [3.63, 3.8) is 0 Å². The molecule has 82 valence electrons. The summed E-state index contributed by atoms with van der Waals surface area (Å²) >= 11 is 0. The van der Waals surface area contributed by atoms with Crippen LogP contribution in [0.2, 0.25) is 0 Å². The molecule has 3 aliphatic rings. The highest BCUT2D eigenvalue weighted by molar-refractivity contribution is 6.06. The summed E-state index contributed by atoms with van der Waals surface area (Å²) in [5.74, 6) is -0.817. The van der Waals surface area contributed by atoms with Crippen LogP contribution in [-0.2, 0) is 14.3 Å². The van der Waals surface area contributed by atoms with Crippen LogP contribution in [0.5, 0.6) is 0 Å². The number of fused-ring (bicyclic) bond motifs is 5. The van der Waals surface area contributed by atoms with E-state index in [1.165, 1.54) is 4.90 Å². The first-order valence-corrected chi connectivity index (χ1v) is 5.35. The molecule has 0 saturated carbocycles. The second-order valence-electron chi connectivity index (χ2n) is 4.39. The van der Waals surface area contributed by atoms with Gasteiger partial charge in [0.2, 0.25) is 11.8 Å². The van der Waals surface area contributed by atoms with Crippen molar-refractivity contribution >= 4 is 11.8 Å². The molecule has 5 nitrogen and oxygen atoms in total. The number of likely N-dealkylation sites (tertiary alicyclic amines) is 1. The van der Waals surface area contributed by atoms with Crippen LogP contribution < -0.4 is 0 Å². The summed E-state index contributed by atoms with van der Waals surface area (Å²) in [4.78, 5) is 25.0. The lowest BCUT2D eigenvalue weighted by molar-refractivity contribution is -0.143. The average molecular weight is 211 g/mol. The smallest absolute Gasteiger partial charge is 0.235 e. The van der Waals surface area contributed by atoms with Gasteiger partial charge in [-0.1, -0.05) is 0 Å². The SMILES string of the molecule is O=C1C2C(C(=O)N1CCO)[C@H]1CC[C@@H]2O1. The molecule has 15 heavy (non-hydrogen) atoms. The lowest BCUT2D eigenvalue weighted by Crippen LogP contribution is -2.36. The van der Waals surface area contributed by atoms with Crippen molar-refractivity contribution in [1.29, 1.82) is 0 Å². The van der Waals surface area contributed by atoms with E-state index in [2.05, 4.69) is 0 Å². The number of aliphatic hydroxyl groups excluding tert-OH is 1. The van der Waals surface area contributed by atoms with Crippen molar-refractivity contribution in [2.24, 2.45) is 11.8 Å². The molecular formula is C10H13NO4. The second-order valence-corrected chi connectivity index (χ2v) is 4.39. The van der Waals surface area contributed by atoms with Gasteiger partial charge in [-0.15, -0.1) is 0 Å². The van der Waals surface area contributed by atoms with E-state index >= 15 is 0 Å². The highest BCUT2D eigenvalue weighted by Crippen LogP contribution is 2.48. The number of amides is 2. The number of aliphatic hydroxyl groups is 1. The third-order valence-electron chi connectivity index (χ3n) is 3.70. The lowest BCUT2D eigenvalue weighted by atomic mass is 9.81. The van der Waals surface area contributed by atoms with Gasteiger partial charge in [0.1, 0.15) is 0 Å². The fourth-order valence-electron chi connectivity index (χ4n) is 3.09. The Morgan fingerprint density at radius 3 is 2.20 bits per heavy atom. The number of carbonyl (C=O) groups is 2. The molecule has 0 spiro atoms. The third-order valence-corrected chi connectivity index (χ3v) is 3.70. The van der Waals surface area contributed by atoms with E-state index in [4.69, 9.17) is 9.84 Å². The summed E-state index contributed by atoms with van der Waals surface area (Å²) in [5, 5.41) is 8.80. The summed E-state index contributed by atoms with van der Waals surface area (Å²) in [6, 6.07) is 0. The molecule has 3 aliphatic heterocycles. The van der Waals surface area contributed by atoms with Crippen molar-refractivity contribution < 1.29 is 19.4 Å². The van der Waals surface area contributed by atoms with Crippen LogP contribution in [0.4, 0.5) is 0 Å². The minimum Gasteiger partial charge on any atom is -0.395 e. The van der Waals surface area contributed by atoms with Crippen LogP contribution in [0.15, 0.2) is 0 Å². The molecule has 0 aliphatic carbocycles. The quantitative estimate of drug-likeness (QED) is 0.604. The fraction of sp³-hybridized carbons (Fsp3) is 0.800. The molecule has 2 unspecified atom stereocenters. The number of carbonyl (C=O) groups excluding carboxylic acids is 2. The van der Waals surface area contributed by atoms with E-state index in [9.17, 15) is 9.59 Å². The number of β-amino-alcohol motifs (C(OH)–C–C–N with tert-alkyl or cyclic N) is 1. The molecule has 2 amide bonds. The first-order chi connectivity index (χ1) is 7.24. The van der Waals surface area contributed by atoms with Crippen molar-refractivity contribution in [2.75, 3.05) is 13.2 Å². The lowest BCUT2D eigenvalue weighted by Gasteiger charge is -2.15. The Morgan fingerprint density at radius 1 is 1.20 bits per heavy atom. The van der Waals surface area contributed by atoms with E-state index < -0.39 is 0 Å². The molecule has 5 heteroatoms. The number of hydrogen-bond donors (Lipinski definition) is 1. The van der Waals surface area contributed by atoms with Crippen LogP contribution in [0.25, 0.3) is 0 Å². The molecule has 1 N–H and O–H groups in total. The molecular weight excluding hydrogens is 198 g/mol. The van der Waals surface area contributed by atoms with Gasteiger partial charge in [0.05, 0.1) is 37.2 Å². The van der Waals surface area contributed by atoms with E-state index in [0.717, 1.165) is 12.8 Å². The van der Waals surface area contributed by atoms with Crippen LogP contribution >= 0.6 is 0 Å². The Kier molecular flexibility index (Phi) is 1.87. The number of imide groups is 1. The Bertz CT molecular complexity index is 301. The molecule has 0 aromatic rings. The average Bonchev–Trinajstić information content (AvgIpc) is 2.87. The summed E-state index contributed by atoms with van der Waals surface area (Å²) in [5.41, 5.74) is 0.